The highest BCUT2D eigenvalue weighted by Crippen LogP contribution is 2.15. The maximum Gasteiger partial charge on any atom is 0.337 e. The first-order valence-corrected chi connectivity index (χ1v) is 9.64. The highest BCUT2D eigenvalue weighted by Gasteiger charge is 2.17. The van der Waals surface area contributed by atoms with E-state index in [1.54, 1.807) is 24.3 Å². The van der Waals surface area contributed by atoms with Gasteiger partial charge >= 0.3 is 11.7 Å². The SMILES string of the molecule is CCCCn1c(=O)[nH]c(=O)c2c1nc(CNc1ccc(C(=O)OC)cc1)n2CC. The Morgan fingerprint density at radius 1 is 1.17 bits per heavy atom. The molecule has 29 heavy (non-hydrogen) atoms. The Bertz CT molecular complexity index is 1120. The summed E-state index contributed by atoms with van der Waals surface area (Å²) in [5.74, 6) is 0.259. The number of hydrogen-bond donors (Lipinski definition) is 2. The molecule has 3 rings (SSSR count). The first-order valence-electron chi connectivity index (χ1n) is 9.64. The largest absolute Gasteiger partial charge is 0.465 e. The van der Waals surface area contributed by atoms with Gasteiger partial charge in [-0.2, -0.15) is 0 Å². The Hall–Kier alpha value is -3.36. The van der Waals surface area contributed by atoms with Crippen LogP contribution in [0.15, 0.2) is 33.9 Å². The van der Waals surface area contributed by atoms with Crippen LogP contribution < -0.4 is 16.6 Å². The van der Waals surface area contributed by atoms with E-state index in [0.717, 1.165) is 18.5 Å². The van der Waals surface area contributed by atoms with Crippen LogP contribution in [0.5, 0.6) is 0 Å². The van der Waals surface area contributed by atoms with Crippen molar-refractivity contribution in [1.82, 2.24) is 19.1 Å². The Morgan fingerprint density at radius 3 is 2.52 bits per heavy atom. The summed E-state index contributed by atoms with van der Waals surface area (Å²) in [6.07, 6.45) is 1.75. The van der Waals surface area contributed by atoms with E-state index in [1.807, 2.05) is 18.4 Å². The summed E-state index contributed by atoms with van der Waals surface area (Å²) < 4.78 is 8.04. The van der Waals surface area contributed by atoms with E-state index in [0.29, 0.717) is 42.2 Å². The molecule has 9 nitrogen and oxygen atoms in total. The van der Waals surface area contributed by atoms with Crippen LogP contribution in [0.25, 0.3) is 11.2 Å². The molecule has 0 aliphatic carbocycles. The molecule has 2 heterocycles. The summed E-state index contributed by atoms with van der Waals surface area (Å²) in [7, 11) is 1.34. The van der Waals surface area contributed by atoms with Gasteiger partial charge in [0.2, 0.25) is 0 Å². The molecule has 0 radical (unpaired) electrons. The lowest BCUT2D eigenvalue weighted by molar-refractivity contribution is 0.0601. The van der Waals surface area contributed by atoms with Crippen LogP contribution in [0, 0.1) is 0 Å². The molecule has 0 bridgehead atoms. The number of H-pyrrole nitrogens is 1. The van der Waals surface area contributed by atoms with E-state index in [2.05, 4.69) is 15.3 Å². The molecule has 154 valence electrons. The van der Waals surface area contributed by atoms with Crippen LogP contribution in [-0.2, 0) is 24.4 Å². The monoisotopic (exact) mass is 399 g/mol. The third-order valence-electron chi connectivity index (χ3n) is 4.77. The zero-order chi connectivity index (χ0) is 21.0. The summed E-state index contributed by atoms with van der Waals surface area (Å²) in [5, 5.41) is 3.24. The number of hydrogen-bond acceptors (Lipinski definition) is 6. The molecule has 9 heteroatoms. The van der Waals surface area contributed by atoms with E-state index in [1.165, 1.54) is 11.7 Å². The van der Waals surface area contributed by atoms with Crippen LogP contribution in [-0.4, -0.2) is 32.2 Å². The van der Waals surface area contributed by atoms with Gasteiger partial charge in [-0.15, -0.1) is 0 Å². The molecule has 0 aliphatic heterocycles. The third kappa shape index (κ3) is 4.08. The minimum atomic E-state index is -0.436. The van der Waals surface area contributed by atoms with Crippen molar-refractivity contribution in [2.24, 2.45) is 0 Å². The normalized spacial score (nSPS) is 11.0. The van der Waals surface area contributed by atoms with E-state index < -0.39 is 17.2 Å². The number of esters is 1. The maximum absolute atomic E-state index is 12.4. The summed E-state index contributed by atoms with van der Waals surface area (Å²) >= 11 is 0. The van der Waals surface area contributed by atoms with Crippen LogP contribution in [0.3, 0.4) is 0 Å². The molecular formula is C20H25N5O4. The lowest BCUT2D eigenvalue weighted by atomic mass is 10.2. The van der Waals surface area contributed by atoms with Crippen molar-refractivity contribution in [2.45, 2.75) is 46.3 Å². The van der Waals surface area contributed by atoms with Crippen molar-refractivity contribution in [3.63, 3.8) is 0 Å². The number of methoxy groups -OCH3 is 1. The minimum Gasteiger partial charge on any atom is -0.465 e. The number of ether oxygens (including phenoxy) is 1. The number of benzene rings is 1. The van der Waals surface area contributed by atoms with Crippen molar-refractivity contribution in [2.75, 3.05) is 12.4 Å². The van der Waals surface area contributed by atoms with Crippen LogP contribution in [0.2, 0.25) is 0 Å². The van der Waals surface area contributed by atoms with Crippen LogP contribution in [0.1, 0.15) is 42.9 Å². The van der Waals surface area contributed by atoms with Crippen molar-refractivity contribution in [3.8, 4) is 0 Å². The predicted octanol–water partition coefficient (Wildman–Crippen LogP) is 2.10. The van der Waals surface area contributed by atoms with Crippen molar-refractivity contribution in [3.05, 3.63) is 56.5 Å². The second kappa shape index (κ2) is 8.76. The fourth-order valence-corrected chi connectivity index (χ4v) is 3.24. The highest BCUT2D eigenvalue weighted by atomic mass is 16.5. The standard InChI is InChI=1S/C20H25N5O4/c1-4-6-11-25-17-16(18(26)23-20(25)28)24(5-2)15(22-17)12-21-14-9-7-13(8-10-14)19(27)29-3/h7-10,21H,4-6,11-12H2,1-3H3,(H,23,26,28). The molecule has 1 aromatic carbocycles. The van der Waals surface area contributed by atoms with Gasteiger partial charge in [-0.05, 0) is 37.6 Å². The zero-order valence-corrected chi connectivity index (χ0v) is 16.8. The molecule has 2 aromatic heterocycles. The Kier molecular flexibility index (Phi) is 6.16. The molecule has 0 aliphatic rings. The Labute approximate surface area is 167 Å². The zero-order valence-electron chi connectivity index (χ0n) is 16.8. The lowest BCUT2D eigenvalue weighted by Gasteiger charge is -2.09. The van der Waals surface area contributed by atoms with E-state index >= 15 is 0 Å². The maximum atomic E-state index is 12.4. The van der Waals surface area contributed by atoms with Crippen molar-refractivity contribution in [1.29, 1.82) is 0 Å². The number of anilines is 1. The highest BCUT2D eigenvalue weighted by molar-refractivity contribution is 5.89. The van der Waals surface area contributed by atoms with E-state index in [9.17, 15) is 14.4 Å². The predicted molar refractivity (Wildman–Crippen MR) is 110 cm³/mol. The fraction of sp³-hybridized carbons (Fsp3) is 0.400. The molecule has 0 saturated heterocycles. The number of carbonyl (C=O) groups excluding carboxylic acids is 1. The average Bonchev–Trinajstić information content (AvgIpc) is 3.10. The van der Waals surface area contributed by atoms with Gasteiger partial charge in [-0.25, -0.2) is 14.6 Å². The molecule has 3 aromatic rings. The summed E-state index contributed by atoms with van der Waals surface area (Å²) in [6, 6.07) is 6.89. The number of nitrogens with one attached hydrogen (secondary N) is 2. The number of aromatic amines is 1. The van der Waals surface area contributed by atoms with Gasteiger partial charge in [-0.3, -0.25) is 14.3 Å². The van der Waals surface area contributed by atoms with Gasteiger partial charge < -0.3 is 14.6 Å². The molecule has 0 amide bonds. The fourth-order valence-electron chi connectivity index (χ4n) is 3.24. The summed E-state index contributed by atoms with van der Waals surface area (Å²) in [6.45, 7) is 5.38. The molecule has 0 unspecified atom stereocenters. The van der Waals surface area contributed by atoms with Crippen molar-refractivity contribution >= 4 is 22.8 Å². The molecule has 0 fully saturated rings. The van der Waals surface area contributed by atoms with E-state index in [-0.39, 0.29) is 0 Å². The second-order valence-electron chi connectivity index (χ2n) is 6.63. The second-order valence-corrected chi connectivity index (χ2v) is 6.63. The van der Waals surface area contributed by atoms with Crippen molar-refractivity contribution < 1.29 is 9.53 Å². The Balaban J connectivity index is 1.93. The number of imidazole rings is 1. The molecule has 2 N–H and O–H groups in total. The topological polar surface area (TPSA) is 111 Å². The molecular weight excluding hydrogens is 374 g/mol. The molecule has 0 saturated carbocycles. The Morgan fingerprint density at radius 2 is 1.90 bits per heavy atom. The molecule has 0 spiro atoms. The number of aromatic nitrogens is 4. The van der Waals surface area contributed by atoms with Gasteiger partial charge in [0.1, 0.15) is 5.82 Å². The number of nitrogens with zero attached hydrogens (tertiary/aromatic N) is 3. The van der Waals surface area contributed by atoms with Crippen LogP contribution in [0.4, 0.5) is 5.69 Å². The third-order valence-corrected chi connectivity index (χ3v) is 4.77. The summed E-state index contributed by atoms with van der Waals surface area (Å²) in [5.41, 5.74) is 1.21. The number of aryl methyl sites for hydroxylation is 2. The number of carbonyl (C=O) groups is 1. The first-order chi connectivity index (χ1) is 14.0. The number of fused-ring (bicyclic) bond motifs is 1. The lowest BCUT2D eigenvalue weighted by Crippen LogP contribution is -2.31. The number of rotatable bonds is 8. The summed E-state index contributed by atoms with van der Waals surface area (Å²) in [4.78, 5) is 43.2. The van der Waals surface area contributed by atoms with E-state index in [4.69, 9.17) is 4.74 Å². The van der Waals surface area contributed by atoms with Crippen LogP contribution >= 0.6 is 0 Å². The quantitative estimate of drug-likeness (QED) is 0.561. The first kappa shape index (κ1) is 20.4. The van der Waals surface area contributed by atoms with Gasteiger partial charge in [0.15, 0.2) is 11.2 Å². The van der Waals surface area contributed by atoms with Gasteiger partial charge in [0.05, 0.1) is 19.2 Å². The van der Waals surface area contributed by atoms with Gasteiger partial charge in [-0.1, -0.05) is 13.3 Å². The van der Waals surface area contributed by atoms with Gasteiger partial charge in [0.25, 0.3) is 5.56 Å². The molecule has 0 atom stereocenters. The van der Waals surface area contributed by atoms with Gasteiger partial charge in [0, 0.05) is 18.8 Å². The average molecular weight is 399 g/mol. The smallest absolute Gasteiger partial charge is 0.337 e. The number of unbranched alkanes of at least 4 members (excludes halogenated alkanes) is 1. The minimum absolute atomic E-state index is 0.363.